The topological polar surface area (TPSA) is 70.7 Å². The first-order valence-electron chi connectivity index (χ1n) is 6.34. The zero-order chi connectivity index (χ0) is 13.3. The van der Waals surface area contributed by atoms with E-state index in [0.717, 1.165) is 0 Å². The minimum absolute atomic E-state index is 0.0934. The molecule has 6 nitrogen and oxygen atoms in total. The highest BCUT2D eigenvalue weighted by molar-refractivity contribution is 5.79. The molecule has 1 atom stereocenters. The van der Waals surface area contributed by atoms with Crippen molar-refractivity contribution in [3.8, 4) is 0 Å². The molecule has 18 heavy (non-hydrogen) atoms. The van der Waals surface area contributed by atoms with Crippen LogP contribution in [0.15, 0.2) is 0 Å². The van der Waals surface area contributed by atoms with Gasteiger partial charge in [-0.3, -0.25) is 4.79 Å². The molecular weight excluding hydrogens is 234 g/mol. The van der Waals surface area contributed by atoms with Gasteiger partial charge in [0.25, 0.3) is 0 Å². The Morgan fingerprint density at radius 2 is 2.06 bits per heavy atom. The van der Waals surface area contributed by atoms with Crippen molar-refractivity contribution in [2.75, 3.05) is 19.6 Å². The van der Waals surface area contributed by atoms with Crippen molar-refractivity contribution in [3.63, 3.8) is 0 Å². The maximum Gasteiger partial charge on any atom is 0.410 e. The Hall–Kier alpha value is -1.30. The Kier molecular flexibility index (Phi) is 3.47. The number of hydrogen-bond acceptors (Lipinski definition) is 4. The van der Waals surface area contributed by atoms with Gasteiger partial charge in [-0.05, 0) is 20.8 Å². The standard InChI is InChI=1S/C12H21N3O3/c1-12(2,3)18-11(17)15-6-9(7-15)14-8-4-10(16)13-5-8/h8-9,14H,4-7H2,1-3H3,(H,13,16). The molecule has 0 aromatic heterocycles. The lowest BCUT2D eigenvalue weighted by atomic mass is 10.1. The molecule has 0 aliphatic carbocycles. The average molecular weight is 255 g/mol. The molecule has 2 saturated heterocycles. The lowest BCUT2D eigenvalue weighted by Gasteiger charge is -2.41. The summed E-state index contributed by atoms with van der Waals surface area (Å²) in [6, 6.07) is 0.471. The molecule has 2 heterocycles. The van der Waals surface area contributed by atoms with Gasteiger partial charge in [-0.2, -0.15) is 0 Å². The lowest BCUT2D eigenvalue weighted by molar-refractivity contribution is -0.119. The van der Waals surface area contributed by atoms with Gasteiger partial charge in [0.1, 0.15) is 5.60 Å². The van der Waals surface area contributed by atoms with Gasteiger partial charge in [0.2, 0.25) is 5.91 Å². The molecule has 2 rings (SSSR count). The highest BCUT2D eigenvalue weighted by Crippen LogP contribution is 2.16. The summed E-state index contributed by atoms with van der Waals surface area (Å²) in [7, 11) is 0. The van der Waals surface area contributed by atoms with Gasteiger partial charge in [0.15, 0.2) is 0 Å². The molecule has 0 aromatic carbocycles. The number of carbonyl (C=O) groups excluding carboxylic acids is 2. The molecule has 0 aromatic rings. The number of nitrogens with one attached hydrogen (secondary N) is 2. The molecule has 0 bridgehead atoms. The normalized spacial score (nSPS) is 24.7. The largest absolute Gasteiger partial charge is 0.444 e. The second kappa shape index (κ2) is 4.76. The first-order chi connectivity index (χ1) is 8.33. The Labute approximate surface area is 107 Å². The van der Waals surface area contributed by atoms with Crippen LogP contribution in [0.1, 0.15) is 27.2 Å². The van der Waals surface area contributed by atoms with Crippen molar-refractivity contribution in [3.05, 3.63) is 0 Å². The van der Waals surface area contributed by atoms with E-state index < -0.39 is 5.60 Å². The first kappa shape index (κ1) is 13.1. The van der Waals surface area contributed by atoms with Gasteiger partial charge >= 0.3 is 6.09 Å². The molecule has 0 radical (unpaired) electrons. The monoisotopic (exact) mass is 255 g/mol. The third-order valence-electron chi connectivity index (χ3n) is 2.98. The van der Waals surface area contributed by atoms with Gasteiger partial charge < -0.3 is 20.3 Å². The number of carbonyl (C=O) groups is 2. The maximum absolute atomic E-state index is 11.7. The van der Waals surface area contributed by atoms with E-state index in [2.05, 4.69) is 10.6 Å². The average Bonchev–Trinajstić information content (AvgIpc) is 2.53. The summed E-state index contributed by atoms with van der Waals surface area (Å²) in [4.78, 5) is 24.4. The molecule has 0 saturated carbocycles. The molecular formula is C12H21N3O3. The second-order valence-corrected chi connectivity index (χ2v) is 5.95. The molecule has 2 fully saturated rings. The number of ether oxygens (including phenoxy) is 1. The fraction of sp³-hybridized carbons (Fsp3) is 0.833. The van der Waals surface area contributed by atoms with Crippen LogP contribution >= 0.6 is 0 Å². The summed E-state index contributed by atoms with van der Waals surface area (Å²) >= 11 is 0. The Morgan fingerprint density at radius 3 is 2.56 bits per heavy atom. The van der Waals surface area contributed by atoms with Crippen molar-refractivity contribution in [1.29, 1.82) is 0 Å². The predicted molar refractivity (Wildman–Crippen MR) is 66.1 cm³/mol. The van der Waals surface area contributed by atoms with Gasteiger partial charge in [0, 0.05) is 38.1 Å². The fourth-order valence-electron chi connectivity index (χ4n) is 2.12. The van der Waals surface area contributed by atoms with E-state index >= 15 is 0 Å². The number of rotatable bonds is 2. The molecule has 1 unspecified atom stereocenters. The highest BCUT2D eigenvalue weighted by atomic mass is 16.6. The van der Waals surface area contributed by atoms with Crippen LogP contribution in [-0.2, 0) is 9.53 Å². The number of hydrogen-bond donors (Lipinski definition) is 2. The van der Waals surface area contributed by atoms with Crippen molar-refractivity contribution in [1.82, 2.24) is 15.5 Å². The van der Waals surface area contributed by atoms with Crippen molar-refractivity contribution in [2.45, 2.75) is 44.9 Å². The fourth-order valence-corrected chi connectivity index (χ4v) is 2.12. The Balaban J connectivity index is 1.67. The van der Waals surface area contributed by atoms with Crippen LogP contribution in [0.25, 0.3) is 0 Å². The van der Waals surface area contributed by atoms with Crippen molar-refractivity contribution in [2.24, 2.45) is 0 Å². The molecule has 0 spiro atoms. The molecule has 2 aliphatic heterocycles. The third kappa shape index (κ3) is 3.35. The molecule has 2 aliphatic rings. The Bertz CT molecular complexity index is 345. The SMILES string of the molecule is CC(C)(C)OC(=O)N1CC(NC2CNC(=O)C2)C1. The van der Waals surface area contributed by atoms with Crippen LogP contribution in [0, 0.1) is 0 Å². The van der Waals surface area contributed by atoms with Crippen LogP contribution < -0.4 is 10.6 Å². The van der Waals surface area contributed by atoms with Crippen LogP contribution in [-0.4, -0.2) is 54.2 Å². The lowest BCUT2D eigenvalue weighted by Crippen LogP contribution is -2.62. The third-order valence-corrected chi connectivity index (χ3v) is 2.98. The van der Waals surface area contributed by atoms with Crippen LogP contribution in [0.2, 0.25) is 0 Å². The smallest absolute Gasteiger partial charge is 0.410 e. The van der Waals surface area contributed by atoms with Crippen molar-refractivity contribution >= 4 is 12.0 Å². The van der Waals surface area contributed by atoms with Gasteiger partial charge in [-0.15, -0.1) is 0 Å². The molecule has 6 heteroatoms. The van der Waals surface area contributed by atoms with E-state index in [1.807, 2.05) is 20.8 Å². The van der Waals surface area contributed by atoms with E-state index in [1.54, 1.807) is 4.90 Å². The van der Waals surface area contributed by atoms with Gasteiger partial charge in [-0.25, -0.2) is 4.79 Å². The summed E-state index contributed by atoms with van der Waals surface area (Å²) in [6.07, 6.45) is 0.268. The maximum atomic E-state index is 11.7. The summed E-state index contributed by atoms with van der Waals surface area (Å²) < 4.78 is 5.27. The minimum atomic E-state index is -0.447. The summed E-state index contributed by atoms with van der Waals surface area (Å²) in [5.41, 5.74) is -0.447. The van der Waals surface area contributed by atoms with Crippen LogP contribution in [0.4, 0.5) is 4.79 Å². The quantitative estimate of drug-likeness (QED) is 0.733. The zero-order valence-electron chi connectivity index (χ0n) is 11.2. The van der Waals surface area contributed by atoms with E-state index in [-0.39, 0.29) is 24.1 Å². The molecule has 2 amide bonds. The number of likely N-dealkylation sites (tertiary alicyclic amines) is 1. The second-order valence-electron chi connectivity index (χ2n) is 5.95. The Morgan fingerprint density at radius 1 is 1.39 bits per heavy atom. The minimum Gasteiger partial charge on any atom is -0.444 e. The van der Waals surface area contributed by atoms with Gasteiger partial charge in [0.05, 0.1) is 0 Å². The first-order valence-corrected chi connectivity index (χ1v) is 6.34. The summed E-state index contributed by atoms with van der Waals surface area (Å²) in [5, 5.41) is 6.14. The highest BCUT2D eigenvalue weighted by Gasteiger charge is 2.35. The number of nitrogens with zero attached hydrogens (tertiary/aromatic N) is 1. The van der Waals surface area contributed by atoms with Crippen molar-refractivity contribution < 1.29 is 14.3 Å². The number of amides is 2. The van der Waals surface area contributed by atoms with Crippen LogP contribution in [0.5, 0.6) is 0 Å². The van der Waals surface area contributed by atoms with E-state index in [1.165, 1.54) is 0 Å². The summed E-state index contributed by atoms with van der Waals surface area (Å²) in [6.45, 7) is 7.56. The predicted octanol–water partition coefficient (Wildman–Crippen LogP) is 0.0838. The molecule has 102 valence electrons. The molecule has 2 N–H and O–H groups in total. The zero-order valence-corrected chi connectivity index (χ0v) is 11.2. The van der Waals surface area contributed by atoms with Crippen LogP contribution in [0.3, 0.4) is 0 Å². The van der Waals surface area contributed by atoms with E-state index in [4.69, 9.17) is 4.74 Å². The van der Waals surface area contributed by atoms with Gasteiger partial charge in [-0.1, -0.05) is 0 Å². The van der Waals surface area contributed by atoms with E-state index in [0.29, 0.717) is 26.1 Å². The van der Waals surface area contributed by atoms with E-state index in [9.17, 15) is 9.59 Å². The summed E-state index contributed by atoms with van der Waals surface area (Å²) in [5.74, 6) is 0.0934.